The Hall–Kier alpha value is -3.94. The van der Waals surface area contributed by atoms with Gasteiger partial charge in [-0.05, 0) is 129 Å². The van der Waals surface area contributed by atoms with Gasteiger partial charge < -0.3 is 19.1 Å². The van der Waals surface area contributed by atoms with E-state index < -0.39 is 28.8 Å². The molecule has 0 fully saturated rings. The number of rotatable bonds is 28. The first-order chi connectivity index (χ1) is 43.0. The fourth-order valence-electron chi connectivity index (χ4n) is 12.0. The molecule has 8 aromatic carbocycles. The first-order valence-electron chi connectivity index (χ1n) is 33.6. The molecule has 0 unspecified atom stereocenters. The Bertz CT molecular complexity index is 3270. The molecule has 0 aromatic heterocycles. The van der Waals surface area contributed by atoms with E-state index in [0.717, 1.165) is 60.0 Å². The van der Waals surface area contributed by atoms with Crippen molar-refractivity contribution in [3.05, 3.63) is 249 Å². The van der Waals surface area contributed by atoms with Crippen molar-refractivity contribution >= 4 is 96.4 Å². The molecule has 8 aromatic rings. The van der Waals surface area contributed by atoms with Gasteiger partial charge in [-0.1, -0.05) is 377 Å². The second kappa shape index (κ2) is 35.7. The minimum Gasteiger partial charge on any atom is -0.631 e. The molecule has 0 aliphatic heterocycles. The van der Waals surface area contributed by atoms with Gasteiger partial charge in [0.25, 0.3) is 0 Å². The van der Waals surface area contributed by atoms with E-state index in [1.54, 1.807) is 0 Å². The van der Waals surface area contributed by atoms with E-state index in [1.165, 1.54) is 66.5 Å². The molecule has 0 aliphatic rings. The van der Waals surface area contributed by atoms with Crippen LogP contribution >= 0.6 is 28.8 Å². The maximum absolute atomic E-state index is 7.25. The van der Waals surface area contributed by atoms with E-state index in [1.807, 2.05) is 0 Å². The third-order valence-electron chi connectivity index (χ3n) is 17.0. The molecule has 0 saturated carbocycles. The predicted molar refractivity (Wildman–Crippen MR) is 416 cm³/mol. The molecule has 0 radical (unpaired) electrons. The number of hydrogen-bond donors (Lipinski definition) is 0. The number of anilines is 2. The standard InChI is InChI=1S/2C40H53N2P2S.Hg/c2*1-10-11-28-43(33-20-14-12-15-21-33)42(40-37(31(6)7)26-19-27-38(40)32(8)9)44(45,34-22-16-13-17-23-34)41-39-35(29(2)3)24-18-25-36(39)30(4)5;/h2*12-27,29-32H,10-11,28H2,1-9H3;/q2*-1;+2/t2*43-,44-;/m10./s1. The van der Waals surface area contributed by atoms with Crippen molar-refractivity contribution in [3.63, 3.8) is 0 Å². The van der Waals surface area contributed by atoms with Gasteiger partial charge in [0.1, 0.15) is 0 Å². The summed E-state index contributed by atoms with van der Waals surface area (Å²) in [6.45, 7) is 41.5. The van der Waals surface area contributed by atoms with Gasteiger partial charge in [-0.15, -0.1) is 11.4 Å². The van der Waals surface area contributed by atoms with Crippen LogP contribution in [0, 0.1) is 0 Å². The summed E-state index contributed by atoms with van der Waals surface area (Å²) in [5.41, 5.74) is 15.4. The third-order valence-corrected chi connectivity index (χ3v) is 32.2. The van der Waals surface area contributed by atoms with Gasteiger partial charge in [0.15, 0.2) is 0 Å². The maximum Gasteiger partial charge on any atom is 2.00 e. The molecule has 0 amide bonds. The zero-order valence-electron chi connectivity index (χ0n) is 58.4. The van der Waals surface area contributed by atoms with Crippen LogP contribution in [-0.2, 0) is 51.3 Å². The second-order valence-electron chi connectivity index (χ2n) is 26.5. The normalized spacial score (nSPS) is 13.6. The number of hydrogen-bond acceptors (Lipinski definition) is 2. The molecule has 4 atom stereocenters. The molecule has 0 heterocycles. The number of benzene rings is 8. The zero-order valence-corrected chi connectivity index (χ0v) is 69.1. The van der Waals surface area contributed by atoms with Crippen molar-refractivity contribution in [1.82, 2.24) is 0 Å². The summed E-state index contributed by atoms with van der Waals surface area (Å²) in [4.78, 5) is 0. The summed E-state index contributed by atoms with van der Waals surface area (Å²) < 4.78 is 5.48. The average molecular weight is 1510 g/mol. The first kappa shape index (κ1) is 76.1. The van der Waals surface area contributed by atoms with Gasteiger partial charge in [0, 0.05) is 16.1 Å². The van der Waals surface area contributed by atoms with Gasteiger partial charge in [0.2, 0.25) is 0 Å². The summed E-state index contributed by atoms with van der Waals surface area (Å²) in [5, 5.41) is 17.1. The van der Waals surface area contributed by atoms with Crippen molar-refractivity contribution in [1.29, 1.82) is 0 Å². The maximum atomic E-state index is 7.25. The molecule has 0 aliphatic carbocycles. The predicted octanol–water partition coefficient (Wildman–Crippen LogP) is 25.7. The fraction of sp³-hybridized carbons (Fsp3) is 0.400. The minimum atomic E-state index is -2.83. The van der Waals surface area contributed by atoms with E-state index in [2.05, 4.69) is 328 Å². The summed E-state index contributed by atoms with van der Waals surface area (Å²) >= 11 is 14.5. The van der Waals surface area contributed by atoms with Crippen LogP contribution in [0.25, 0.3) is 10.2 Å². The first-order valence-corrected chi connectivity index (χ1v) is 41.9. The van der Waals surface area contributed by atoms with Crippen LogP contribution in [-0.4, -0.2) is 12.3 Å². The molecule has 0 saturated heterocycles. The van der Waals surface area contributed by atoms with Gasteiger partial charge in [0.05, 0.1) is 11.4 Å². The molecule has 11 heteroatoms. The van der Waals surface area contributed by atoms with Crippen LogP contribution in [0.4, 0.5) is 22.7 Å². The average Bonchev–Trinajstić information content (AvgIpc) is 0.754. The zero-order chi connectivity index (χ0) is 65.5. The van der Waals surface area contributed by atoms with Crippen LogP contribution in [0.5, 0.6) is 0 Å². The van der Waals surface area contributed by atoms with Crippen molar-refractivity contribution in [2.75, 3.05) is 21.2 Å². The molecule has 0 N–H and O–H groups in total. The van der Waals surface area contributed by atoms with Crippen molar-refractivity contribution in [3.8, 4) is 0 Å². The largest absolute Gasteiger partial charge is 2.00 e. The van der Waals surface area contributed by atoms with Crippen LogP contribution in [0.2, 0.25) is 0 Å². The van der Waals surface area contributed by atoms with Crippen LogP contribution in [0.15, 0.2) is 194 Å². The van der Waals surface area contributed by atoms with E-state index in [4.69, 9.17) is 33.8 Å². The van der Waals surface area contributed by atoms with Gasteiger partial charge in [-0.3, -0.25) is 0 Å². The Balaban J connectivity index is 0.000000286. The summed E-state index contributed by atoms with van der Waals surface area (Å²) in [7, 11) is -1.71. The topological polar surface area (TPSA) is 34.7 Å². The quantitative estimate of drug-likeness (QED) is 0.0362. The fourth-order valence-corrected chi connectivity index (χ4v) is 28.1. The Kier molecular flexibility index (Phi) is 29.8. The SMILES string of the molecule is CCCC[P@@](c1ccccc1)N(c1c(C(C)C)cccc1C(C)C)[P@@](=S)([N-]c1c(C(C)C)cccc1C(C)C)c1ccccc1.CCCC[P@](c1ccccc1)N(c1c(C(C)C)cccc1C(C)C)[P@](=S)([N-]c1c(C(C)C)cccc1C(C)C)c1ccccc1.[Hg+2]. The Morgan fingerprint density at radius 3 is 0.758 bits per heavy atom. The molecule has 91 heavy (non-hydrogen) atoms. The summed E-state index contributed by atoms with van der Waals surface area (Å²) in [6.07, 6.45) is 1.04. The second-order valence-corrected chi connectivity index (χ2v) is 39.0. The van der Waals surface area contributed by atoms with Crippen molar-refractivity contribution in [2.24, 2.45) is 0 Å². The Morgan fingerprint density at radius 2 is 0.538 bits per heavy atom. The molecular formula is C80H106HgN4P4S2. The molecule has 4 nitrogen and oxygen atoms in total. The number of para-hydroxylation sites is 2. The molecule has 8 rings (SSSR count). The van der Waals surface area contributed by atoms with E-state index >= 15 is 0 Å². The van der Waals surface area contributed by atoms with E-state index in [0.29, 0.717) is 47.3 Å². The van der Waals surface area contributed by atoms with E-state index in [9.17, 15) is 0 Å². The molecule has 0 bridgehead atoms. The summed E-state index contributed by atoms with van der Waals surface area (Å²) in [5.74, 6) is 2.70. The van der Waals surface area contributed by atoms with Crippen LogP contribution in [0.1, 0.15) is 242 Å². The number of unbranched alkanes of at least 4 members (excludes halogenated alkanes) is 2. The van der Waals surface area contributed by atoms with Crippen LogP contribution in [0.3, 0.4) is 0 Å². The Labute approximate surface area is 586 Å². The third kappa shape index (κ3) is 18.3. The Morgan fingerprint density at radius 1 is 0.319 bits per heavy atom. The summed E-state index contributed by atoms with van der Waals surface area (Å²) in [6, 6.07) is 71.5. The van der Waals surface area contributed by atoms with Gasteiger partial charge in [-0.25, -0.2) is 0 Å². The smallest absolute Gasteiger partial charge is 0.631 e. The monoisotopic (exact) mass is 1510 g/mol. The minimum absolute atomic E-state index is 0. The van der Waals surface area contributed by atoms with Gasteiger partial charge >= 0.3 is 27.7 Å². The van der Waals surface area contributed by atoms with E-state index in [-0.39, 0.29) is 27.7 Å². The van der Waals surface area contributed by atoms with Crippen LogP contribution < -0.4 is 30.1 Å². The number of nitrogens with zero attached hydrogens (tertiary/aromatic N) is 4. The molecule has 0 spiro atoms. The molecular weight excluding hydrogens is 1410 g/mol. The van der Waals surface area contributed by atoms with Crippen molar-refractivity contribution in [2.45, 2.75) is 198 Å². The van der Waals surface area contributed by atoms with Gasteiger partial charge in [-0.2, -0.15) is 0 Å². The molecule has 480 valence electrons. The van der Waals surface area contributed by atoms with Crippen molar-refractivity contribution < 1.29 is 27.7 Å².